The predicted octanol–water partition coefficient (Wildman–Crippen LogP) is 4.46. The molecular weight excluding hydrogens is 283 g/mol. The zero-order chi connectivity index (χ0) is 12.4. The number of carbonyl (C=O) groups excluding carboxylic acids is 1. The molecule has 3 heteroatoms. The van der Waals surface area contributed by atoms with E-state index in [1.54, 1.807) is 42.5 Å². The van der Waals surface area contributed by atoms with Crippen molar-refractivity contribution in [3.63, 3.8) is 0 Å². The minimum atomic E-state index is -0.289. The highest BCUT2D eigenvalue weighted by Gasteiger charge is 2.08. The molecule has 17 heavy (non-hydrogen) atoms. The summed E-state index contributed by atoms with van der Waals surface area (Å²) in [6.45, 7) is 1.51. The van der Waals surface area contributed by atoms with Crippen molar-refractivity contribution in [2.45, 2.75) is 6.92 Å². The highest BCUT2D eigenvalue weighted by atomic mass is 79.9. The molecule has 0 amide bonds. The van der Waals surface area contributed by atoms with Crippen molar-refractivity contribution in [3.8, 4) is 11.1 Å². The fourth-order valence-corrected chi connectivity index (χ4v) is 1.98. The van der Waals surface area contributed by atoms with Crippen molar-refractivity contribution in [3.05, 3.63) is 58.3 Å². The van der Waals surface area contributed by atoms with Crippen LogP contribution in [-0.4, -0.2) is 5.78 Å². The number of benzene rings is 2. The molecule has 0 fully saturated rings. The Bertz CT molecular complexity index is 561. The summed E-state index contributed by atoms with van der Waals surface area (Å²) in [4.78, 5) is 11.1. The van der Waals surface area contributed by atoms with Crippen LogP contribution in [0.4, 0.5) is 4.39 Å². The van der Waals surface area contributed by atoms with Gasteiger partial charge in [0.2, 0.25) is 0 Å². The van der Waals surface area contributed by atoms with Crippen LogP contribution in [0, 0.1) is 5.82 Å². The summed E-state index contributed by atoms with van der Waals surface area (Å²) < 4.78 is 14.3. The second kappa shape index (κ2) is 4.80. The van der Waals surface area contributed by atoms with E-state index in [0.29, 0.717) is 15.6 Å². The maximum absolute atomic E-state index is 13.8. The summed E-state index contributed by atoms with van der Waals surface area (Å²) in [5, 5.41) is 0. The summed E-state index contributed by atoms with van der Waals surface area (Å²) in [5.41, 5.74) is 1.91. The van der Waals surface area contributed by atoms with Gasteiger partial charge in [0.15, 0.2) is 5.78 Å². The SMILES string of the molecule is CC(=O)c1ccc(-c2cccc(Br)c2F)cc1. The Balaban J connectivity index is 2.47. The van der Waals surface area contributed by atoms with Crippen LogP contribution < -0.4 is 0 Å². The number of hydrogen-bond acceptors (Lipinski definition) is 1. The lowest BCUT2D eigenvalue weighted by Crippen LogP contribution is -1.92. The van der Waals surface area contributed by atoms with Gasteiger partial charge in [-0.1, -0.05) is 36.4 Å². The summed E-state index contributed by atoms with van der Waals surface area (Å²) in [6.07, 6.45) is 0. The first-order chi connectivity index (χ1) is 8.09. The van der Waals surface area contributed by atoms with E-state index in [-0.39, 0.29) is 11.6 Å². The van der Waals surface area contributed by atoms with Crippen LogP contribution in [0.25, 0.3) is 11.1 Å². The van der Waals surface area contributed by atoms with E-state index in [2.05, 4.69) is 15.9 Å². The Morgan fingerprint density at radius 1 is 1.12 bits per heavy atom. The third-order valence-electron chi connectivity index (χ3n) is 2.55. The minimum Gasteiger partial charge on any atom is -0.295 e. The molecule has 0 aliphatic rings. The summed E-state index contributed by atoms with van der Waals surface area (Å²) in [6, 6.07) is 12.1. The predicted molar refractivity (Wildman–Crippen MR) is 69.5 cm³/mol. The van der Waals surface area contributed by atoms with Gasteiger partial charge in [0, 0.05) is 11.1 Å². The van der Waals surface area contributed by atoms with E-state index in [1.807, 2.05) is 0 Å². The van der Waals surface area contributed by atoms with Gasteiger partial charge in [-0.2, -0.15) is 0 Å². The topological polar surface area (TPSA) is 17.1 Å². The van der Waals surface area contributed by atoms with Crippen LogP contribution in [0.1, 0.15) is 17.3 Å². The van der Waals surface area contributed by atoms with Crippen molar-refractivity contribution in [2.24, 2.45) is 0 Å². The quantitative estimate of drug-likeness (QED) is 0.747. The fraction of sp³-hybridized carbons (Fsp3) is 0.0714. The van der Waals surface area contributed by atoms with Crippen LogP contribution in [0.2, 0.25) is 0 Å². The summed E-state index contributed by atoms with van der Waals surface area (Å²) in [7, 11) is 0. The molecule has 0 aliphatic carbocycles. The van der Waals surface area contributed by atoms with E-state index in [9.17, 15) is 9.18 Å². The summed E-state index contributed by atoms with van der Waals surface area (Å²) >= 11 is 3.15. The van der Waals surface area contributed by atoms with Gasteiger partial charge in [0.05, 0.1) is 4.47 Å². The van der Waals surface area contributed by atoms with Gasteiger partial charge in [-0.15, -0.1) is 0 Å². The molecular formula is C14H10BrFO. The number of carbonyl (C=O) groups is 1. The number of Topliss-reactive ketones (excluding diaryl/α,β-unsaturated/α-hetero) is 1. The summed E-state index contributed by atoms with van der Waals surface area (Å²) in [5.74, 6) is -0.283. The first-order valence-corrected chi connectivity index (χ1v) is 5.94. The molecule has 2 aromatic carbocycles. The lowest BCUT2D eigenvalue weighted by molar-refractivity contribution is 0.101. The zero-order valence-electron chi connectivity index (χ0n) is 9.21. The maximum Gasteiger partial charge on any atom is 0.159 e. The number of ketones is 1. The number of rotatable bonds is 2. The Hall–Kier alpha value is -1.48. The van der Waals surface area contributed by atoms with E-state index >= 15 is 0 Å². The van der Waals surface area contributed by atoms with Gasteiger partial charge in [-0.3, -0.25) is 4.79 Å². The molecule has 0 saturated heterocycles. The van der Waals surface area contributed by atoms with Crippen LogP contribution >= 0.6 is 15.9 Å². The number of halogens is 2. The highest BCUT2D eigenvalue weighted by molar-refractivity contribution is 9.10. The Morgan fingerprint density at radius 3 is 2.35 bits per heavy atom. The standard InChI is InChI=1S/C14H10BrFO/c1-9(17)10-5-7-11(8-6-10)12-3-2-4-13(15)14(12)16/h2-8H,1H3. The first-order valence-electron chi connectivity index (χ1n) is 5.15. The van der Waals surface area contributed by atoms with E-state index in [1.165, 1.54) is 6.92 Å². The Kier molecular flexibility index (Phi) is 3.38. The molecule has 0 radical (unpaired) electrons. The average Bonchev–Trinajstić information content (AvgIpc) is 2.33. The molecule has 0 heterocycles. The molecule has 0 saturated carbocycles. The van der Waals surface area contributed by atoms with E-state index < -0.39 is 0 Å². The largest absolute Gasteiger partial charge is 0.295 e. The van der Waals surface area contributed by atoms with Crippen molar-refractivity contribution in [1.82, 2.24) is 0 Å². The maximum atomic E-state index is 13.8. The van der Waals surface area contributed by atoms with Crippen LogP contribution in [0.3, 0.4) is 0 Å². The lowest BCUT2D eigenvalue weighted by atomic mass is 10.0. The molecule has 0 aromatic heterocycles. The van der Waals surface area contributed by atoms with Gasteiger partial charge in [-0.25, -0.2) is 4.39 Å². The molecule has 0 spiro atoms. The molecule has 0 bridgehead atoms. The molecule has 2 aromatic rings. The monoisotopic (exact) mass is 292 g/mol. The van der Waals surface area contributed by atoms with Gasteiger partial charge < -0.3 is 0 Å². The van der Waals surface area contributed by atoms with Crippen LogP contribution in [0.15, 0.2) is 46.9 Å². The number of hydrogen-bond donors (Lipinski definition) is 0. The van der Waals surface area contributed by atoms with Gasteiger partial charge in [-0.05, 0) is 34.5 Å². The average molecular weight is 293 g/mol. The molecule has 86 valence electrons. The van der Waals surface area contributed by atoms with Crippen LogP contribution in [-0.2, 0) is 0 Å². The van der Waals surface area contributed by atoms with Crippen molar-refractivity contribution >= 4 is 21.7 Å². The molecule has 0 N–H and O–H groups in total. The minimum absolute atomic E-state index is 0.00580. The van der Waals surface area contributed by atoms with Gasteiger partial charge >= 0.3 is 0 Å². The normalized spacial score (nSPS) is 10.3. The van der Waals surface area contributed by atoms with Crippen molar-refractivity contribution < 1.29 is 9.18 Å². The smallest absolute Gasteiger partial charge is 0.159 e. The molecule has 1 nitrogen and oxygen atoms in total. The van der Waals surface area contributed by atoms with Gasteiger partial charge in [0.1, 0.15) is 5.82 Å². The molecule has 2 rings (SSSR count). The second-order valence-electron chi connectivity index (χ2n) is 3.73. The third-order valence-corrected chi connectivity index (χ3v) is 3.17. The Morgan fingerprint density at radius 2 is 1.76 bits per heavy atom. The highest BCUT2D eigenvalue weighted by Crippen LogP contribution is 2.27. The second-order valence-corrected chi connectivity index (χ2v) is 4.59. The van der Waals surface area contributed by atoms with Crippen molar-refractivity contribution in [1.29, 1.82) is 0 Å². The zero-order valence-corrected chi connectivity index (χ0v) is 10.8. The van der Waals surface area contributed by atoms with E-state index in [0.717, 1.165) is 5.56 Å². The molecule has 0 aliphatic heterocycles. The molecule has 0 unspecified atom stereocenters. The first kappa shape index (κ1) is 12.0. The third kappa shape index (κ3) is 2.44. The lowest BCUT2D eigenvalue weighted by Gasteiger charge is -2.05. The van der Waals surface area contributed by atoms with Gasteiger partial charge in [0.25, 0.3) is 0 Å². The fourth-order valence-electron chi connectivity index (χ4n) is 1.61. The Labute approximate surface area is 107 Å². The van der Waals surface area contributed by atoms with Crippen LogP contribution in [0.5, 0.6) is 0 Å². The van der Waals surface area contributed by atoms with E-state index in [4.69, 9.17) is 0 Å². The van der Waals surface area contributed by atoms with Crippen molar-refractivity contribution in [2.75, 3.05) is 0 Å². The molecule has 0 atom stereocenters.